The molecule has 0 heterocycles. The SMILES string of the molecule is C=C(C(O)/C=C/c1ccccc1)[Si](C)(C)C. The Morgan fingerprint density at radius 1 is 1.25 bits per heavy atom. The number of benzene rings is 1. The molecule has 1 N–H and O–H groups in total. The zero-order valence-electron chi connectivity index (χ0n) is 10.3. The molecule has 0 amide bonds. The molecule has 0 fully saturated rings. The second-order valence-corrected chi connectivity index (χ2v) is 10.1. The van der Waals surface area contributed by atoms with Crippen molar-refractivity contribution < 1.29 is 5.11 Å². The fraction of sp³-hybridized carbons (Fsp3) is 0.286. The molecule has 1 nitrogen and oxygen atoms in total. The van der Waals surface area contributed by atoms with Gasteiger partial charge in [-0.3, -0.25) is 0 Å². The molecule has 1 aromatic carbocycles. The first-order valence-electron chi connectivity index (χ1n) is 5.52. The Labute approximate surface area is 99.1 Å². The predicted molar refractivity (Wildman–Crippen MR) is 74.0 cm³/mol. The summed E-state index contributed by atoms with van der Waals surface area (Å²) < 4.78 is 0. The van der Waals surface area contributed by atoms with Gasteiger partial charge in [0.15, 0.2) is 0 Å². The summed E-state index contributed by atoms with van der Waals surface area (Å²) in [7, 11) is -1.46. The van der Waals surface area contributed by atoms with Crippen molar-refractivity contribution in [3.63, 3.8) is 0 Å². The molecule has 0 aromatic heterocycles. The lowest BCUT2D eigenvalue weighted by Crippen LogP contribution is -2.30. The molecule has 0 radical (unpaired) electrons. The average Bonchev–Trinajstić information content (AvgIpc) is 2.25. The van der Waals surface area contributed by atoms with E-state index in [1.54, 1.807) is 0 Å². The summed E-state index contributed by atoms with van der Waals surface area (Å²) >= 11 is 0. The Bertz CT molecular complexity index is 373. The van der Waals surface area contributed by atoms with Crippen LogP contribution in [0.3, 0.4) is 0 Å². The van der Waals surface area contributed by atoms with Gasteiger partial charge in [-0.2, -0.15) is 0 Å². The average molecular weight is 232 g/mol. The highest BCUT2D eigenvalue weighted by Gasteiger charge is 2.21. The minimum Gasteiger partial charge on any atom is -0.385 e. The third-order valence-electron chi connectivity index (χ3n) is 2.59. The third-order valence-corrected chi connectivity index (χ3v) is 4.81. The van der Waals surface area contributed by atoms with Crippen LogP contribution < -0.4 is 0 Å². The lowest BCUT2D eigenvalue weighted by atomic mass is 10.2. The van der Waals surface area contributed by atoms with Crippen LogP contribution in [0.25, 0.3) is 6.08 Å². The minimum absolute atomic E-state index is 0.521. The second kappa shape index (κ2) is 5.28. The fourth-order valence-electron chi connectivity index (χ4n) is 1.33. The summed E-state index contributed by atoms with van der Waals surface area (Å²) in [5, 5.41) is 10.9. The smallest absolute Gasteiger partial charge is 0.0897 e. The third kappa shape index (κ3) is 3.80. The molecule has 86 valence electrons. The molecule has 0 saturated heterocycles. The molecule has 1 atom stereocenters. The molecule has 1 unspecified atom stereocenters. The van der Waals surface area contributed by atoms with E-state index < -0.39 is 14.2 Å². The Hall–Kier alpha value is -1.12. The van der Waals surface area contributed by atoms with E-state index in [9.17, 15) is 5.11 Å². The Balaban J connectivity index is 2.69. The molecule has 1 rings (SSSR count). The van der Waals surface area contributed by atoms with Crippen molar-refractivity contribution in [2.24, 2.45) is 0 Å². The molecule has 2 heteroatoms. The Morgan fingerprint density at radius 2 is 1.81 bits per heavy atom. The molecule has 0 saturated carbocycles. The van der Waals surface area contributed by atoms with Crippen molar-refractivity contribution in [2.75, 3.05) is 0 Å². The first-order valence-corrected chi connectivity index (χ1v) is 9.02. The zero-order valence-corrected chi connectivity index (χ0v) is 11.3. The maximum atomic E-state index is 9.96. The Kier molecular flexibility index (Phi) is 4.27. The van der Waals surface area contributed by atoms with Gasteiger partial charge in [-0.1, -0.05) is 67.3 Å². The van der Waals surface area contributed by atoms with Crippen LogP contribution in [0.5, 0.6) is 0 Å². The van der Waals surface area contributed by atoms with Gasteiger partial charge in [-0.15, -0.1) is 6.58 Å². The summed E-state index contributed by atoms with van der Waals surface area (Å²) in [5.41, 5.74) is 1.10. The summed E-state index contributed by atoms with van der Waals surface area (Å²) in [6.45, 7) is 10.6. The molecule has 0 spiro atoms. The van der Waals surface area contributed by atoms with Crippen LogP contribution in [-0.4, -0.2) is 19.3 Å². The summed E-state index contributed by atoms with van der Waals surface area (Å²) in [5.74, 6) is 0. The van der Waals surface area contributed by atoms with Gasteiger partial charge in [-0.05, 0) is 5.56 Å². The van der Waals surface area contributed by atoms with E-state index in [0.29, 0.717) is 0 Å². The second-order valence-electron chi connectivity index (χ2n) is 4.99. The van der Waals surface area contributed by atoms with Gasteiger partial charge in [0, 0.05) is 0 Å². The highest BCUT2D eigenvalue weighted by Crippen LogP contribution is 2.17. The van der Waals surface area contributed by atoms with Gasteiger partial charge in [-0.25, -0.2) is 0 Å². The first kappa shape index (κ1) is 12.9. The van der Waals surface area contributed by atoms with Crippen LogP contribution in [0.4, 0.5) is 0 Å². The summed E-state index contributed by atoms with van der Waals surface area (Å²) in [6.07, 6.45) is 3.23. The van der Waals surface area contributed by atoms with Gasteiger partial charge in [0.1, 0.15) is 0 Å². The van der Waals surface area contributed by atoms with Crippen molar-refractivity contribution in [1.29, 1.82) is 0 Å². The topological polar surface area (TPSA) is 20.2 Å². The zero-order chi connectivity index (χ0) is 12.2. The van der Waals surface area contributed by atoms with E-state index >= 15 is 0 Å². The van der Waals surface area contributed by atoms with Gasteiger partial charge in [0.05, 0.1) is 14.2 Å². The van der Waals surface area contributed by atoms with Crippen molar-refractivity contribution in [2.45, 2.75) is 25.7 Å². The molecular weight excluding hydrogens is 212 g/mol. The maximum absolute atomic E-state index is 9.96. The molecule has 0 aliphatic heterocycles. The van der Waals surface area contributed by atoms with Crippen LogP contribution >= 0.6 is 0 Å². The van der Waals surface area contributed by atoms with Gasteiger partial charge >= 0.3 is 0 Å². The molecular formula is C14H20OSi. The number of aliphatic hydroxyl groups is 1. The number of aliphatic hydroxyl groups excluding tert-OH is 1. The van der Waals surface area contributed by atoms with Crippen LogP contribution in [0, 0.1) is 0 Å². The highest BCUT2D eigenvalue weighted by molar-refractivity contribution is 6.83. The summed E-state index contributed by atoms with van der Waals surface area (Å²) in [4.78, 5) is 0. The lowest BCUT2D eigenvalue weighted by Gasteiger charge is -2.22. The van der Waals surface area contributed by atoms with E-state index in [-0.39, 0.29) is 0 Å². The van der Waals surface area contributed by atoms with Crippen molar-refractivity contribution in [3.05, 3.63) is 53.7 Å². The molecule has 0 aliphatic rings. The van der Waals surface area contributed by atoms with Crippen LogP contribution in [0.1, 0.15) is 5.56 Å². The van der Waals surface area contributed by atoms with E-state index in [1.807, 2.05) is 42.5 Å². The molecule has 1 aromatic rings. The van der Waals surface area contributed by atoms with E-state index in [1.165, 1.54) is 0 Å². The number of hydrogen-bond acceptors (Lipinski definition) is 1. The number of rotatable bonds is 4. The van der Waals surface area contributed by atoms with E-state index in [4.69, 9.17) is 0 Å². The van der Waals surface area contributed by atoms with E-state index in [2.05, 4.69) is 26.2 Å². The largest absolute Gasteiger partial charge is 0.385 e. The highest BCUT2D eigenvalue weighted by atomic mass is 28.3. The normalized spacial score (nSPS) is 14.0. The monoisotopic (exact) mass is 232 g/mol. The van der Waals surface area contributed by atoms with Crippen molar-refractivity contribution >= 4 is 14.1 Å². The minimum atomic E-state index is -1.46. The van der Waals surface area contributed by atoms with E-state index in [0.717, 1.165) is 10.8 Å². The Morgan fingerprint density at radius 3 is 2.31 bits per heavy atom. The van der Waals surface area contributed by atoms with Gasteiger partial charge < -0.3 is 5.11 Å². The van der Waals surface area contributed by atoms with Crippen molar-refractivity contribution in [3.8, 4) is 0 Å². The molecule has 0 aliphatic carbocycles. The van der Waals surface area contributed by atoms with Gasteiger partial charge in [0.25, 0.3) is 0 Å². The first-order chi connectivity index (χ1) is 7.41. The standard InChI is InChI=1S/C14H20OSi/c1-12(16(2,3)4)14(15)11-10-13-8-6-5-7-9-13/h5-11,14-15H,1H2,2-4H3/b11-10+. The predicted octanol–water partition coefficient (Wildman–Crippen LogP) is 3.49. The maximum Gasteiger partial charge on any atom is 0.0897 e. The van der Waals surface area contributed by atoms with Crippen LogP contribution in [-0.2, 0) is 0 Å². The summed E-state index contributed by atoms with van der Waals surface area (Å²) in [6, 6.07) is 9.98. The van der Waals surface area contributed by atoms with Crippen LogP contribution in [0.2, 0.25) is 19.6 Å². The molecule has 0 bridgehead atoms. The van der Waals surface area contributed by atoms with Crippen molar-refractivity contribution in [1.82, 2.24) is 0 Å². The quantitative estimate of drug-likeness (QED) is 0.788. The number of hydrogen-bond donors (Lipinski definition) is 1. The lowest BCUT2D eigenvalue weighted by molar-refractivity contribution is 0.267. The molecule has 16 heavy (non-hydrogen) atoms. The fourth-order valence-corrected chi connectivity index (χ4v) is 2.31. The van der Waals surface area contributed by atoms with Crippen LogP contribution in [0.15, 0.2) is 48.2 Å². The van der Waals surface area contributed by atoms with Gasteiger partial charge in [0.2, 0.25) is 0 Å².